The van der Waals surface area contributed by atoms with Crippen LogP contribution in [0.15, 0.2) is 0 Å². The Labute approximate surface area is 196 Å². The van der Waals surface area contributed by atoms with Gasteiger partial charge in [0.2, 0.25) is 0 Å². The summed E-state index contributed by atoms with van der Waals surface area (Å²) < 4.78 is 0. The molecule has 2 N–H and O–H groups in total. The fourth-order valence-corrected chi connectivity index (χ4v) is 4.27. The smallest absolute Gasteiger partial charge is 0.0635 e. The second-order valence-electron chi connectivity index (χ2n) is 9.68. The molecular formula is C28H57N3. The van der Waals surface area contributed by atoms with Crippen molar-refractivity contribution >= 4 is 0 Å². The molecule has 0 aliphatic carbocycles. The number of nitrogens with zero attached hydrogens (tertiary/aromatic N) is 1. The highest BCUT2D eigenvalue weighted by Gasteiger charge is 1.99. The molecule has 0 heterocycles. The third kappa shape index (κ3) is 27.4. The molecule has 0 spiro atoms. The Morgan fingerprint density at radius 1 is 0.581 bits per heavy atom. The van der Waals surface area contributed by atoms with Crippen molar-refractivity contribution in [2.45, 2.75) is 155 Å². The summed E-state index contributed by atoms with van der Waals surface area (Å²) in [4.78, 5) is 0. The molecule has 0 amide bonds. The van der Waals surface area contributed by atoms with Gasteiger partial charge in [-0.05, 0) is 19.9 Å². The zero-order valence-corrected chi connectivity index (χ0v) is 21.5. The molecule has 3 nitrogen and oxygen atoms in total. The molecule has 0 fully saturated rings. The van der Waals surface area contributed by atoms with E-state index in [-0.39, 0.29) is 0 Å². The fraction of sp³-hybridized carbons (Fsp3) is 0.964. The summed E-state index contributed by atoms with van der Waals surface area (Å²) in [5.74, 6) is 0. The van der Waals surface area contributed by atoms with Crippen LogP contribution in [0.3, 0.4) is 0 Å². The molecule has 0 radical (unpaired) electrons. The van der Waals surface area contributed by atoms with Crippen molar-refractivity contribution in [1.82, 2.24) is 10.6 Å². The van der Waals surface area contributed by atoms with Gasteiger partial charge in [0.25, 0.3) is 0 Å². The van der Waals surface area contributed by atoms with E-state index in [1.807, 2.05) is 0 Å². The van der Waals surface area contributed by atoms with Gasteiger partial charge in [-0.2, -0.15) is 5.26 Å². The second kappa shape index (κ2) is 27.4. The molecule has 1 atom stereocenters. The van der Waals surface area contributed by atoms with E-state index in [0.29, 0.717) is 12.5 Å². The average Bonchev–Trinajstić information content (AvgIpc) is 2.77. The first-order chi connectivity index (χ1) is 15.3. The maximum Gasteiger partial charge on any atom is 0.0635 e. The highest BCUT2D eigenvalue weighted by Crippen LogP contribution is 2.14. The molecule has 0 aromatic carbocycles. The maximum absolute atomic E-state index is 8.53. The SMILES string of the molecule is CCCCCCCCCCCCCCCCCCCCCCNCC(C)NCCC#N. The van der Waals surface area contributed by atoms with Crippen molar-refractivity contribution in [2.75, 3.05) is 19.6 Å². The van der Waals surface area contributed by atoms with Gasteiger partial charge in [-0.15, -0.1) is 0 Å². The molecule has 0 aliphatic heterocycles. The first-order valence-electron chi connectivity index (χ1n) is 14.1. The van der Waals surface area contributed by atoms with Crippen LogP contribution in [0.5, 0.6) is 0 Å². The normalized spacial score (nSPS) is 12.2. The zero-order valence-electron chi connectivity index (χ0n) is 21.5. The number of nitrogens with one attached hydrogen (secondary N) is 2. The Kier molecular flexibility index (Phi) is 26.9. The van der Waals surface area contributed by atoms with Crippen LogP contribution in [-0.2, 0) is 0 Å². The highest BCUT2D eigenvalue weighted by molar-refractivity contribution is 4.72. The zero-order chi connectivity index (χ0) is 22.7. The number of unbranched alkanes of at least 4 members (excludes halogenated alkanes) is 19. The van der Waals surface area contributed by atoms with Crippen molar-refractivity contribution in [1.29, 1.82) is 5.26 Å². The van der Waals surface area contributed by atoms with Gasteiger partial charge in [-0.1, -0.05) is 129 Å². The van der Waals surface area contributed by atoms with Crippen molar-refractivity contribution in [3.63, 3.8) is 0 Å². The Hall–Kier alpha value is -0.590. The van der Waals surface area contributed by atoms with E-state index in [4.69, 9.17) is 5.26 Å². The Bertz CT molecular complexity index is 364. The van der Waals surface area contributed by atoms with Gasteiger partial charge in [-0.3, -0.25) is 0 Å². The molecule has 3 heteroatoms. The van der Waals surface area contributed by atoms with Gasteiger partial charge >= 0.3 is 0 Å². The van der Waals surface area contributed by atoms with Crippen LogP contribution in [0.4, 0.5) is 0 Å². The van der Waals surface area contributed by atoms with Crippen LogP contribution in [-0.4, -0.2) is 25.7 Å². The van der Waals surface area contributed by atoms with Gasteiger partial charge in [0, 0.05) is 25.6 Å². The third-order valence-electron chi connectivity index (χ3n) is 6.39. The minimum atomic E-state index is 0.457. The van der Waals surface area contributed by atoms with Crippen LogP contribution in [0.2, 0.25) is 0 Å². The first-order valence-corrected chi connectivity index (χ1v) is 14.1. The topological polar surface area (TPSA) is 47.8 Å². The lowest BCUT2D eigenvalue weighted by molar-refractivity contribution is 0.491. The lowest BCUT2D eigenvalue weighted by atomic mass is 10.0. The molecule has 0 bridgehead atoms. The van der Waals surface area contributed by atoms with Crippen LogP contribution in [0, 0.1) is 11.3 Å². The van der Waals surface area contributed by atoms with Crippen LogP contribution in [0.25, 0.3) is 0 Å². The van der Waals surface area contributed by atoms with Crippen LogP contribution in [0.1, 0.15) is 149 Å². The van der Waals surface area contributed by atoms with E-state index in [1.165, 1.54) is 128 Å². The Morgan fingerprint density at radius 3 is 1.35 bits per heavy atom. The minimum Gasteiger partial charge on any atom is -0.315 e. The molecule has 0 rings (SSSR count). The van der Waals surface area contributed by atoms with Crippen molar-refractivity contribution < 1.29 is 0 Å². The lowest BCUT2D eigenvalue weighted by Gasteiger charge is -2.13. The molecule has 0 aromatic heterocycles. The summed E-state index contributed by atoms with van der Waals surface area (Å²) in [7, 11) is 0. The number of rotatable bonds is 26. The maximum atomic E-state index is 8.53. The molecule has 184 valence electrons. The average molecular weight is 436 g/mol. The summed E-state index contributed by atoms with van der Waals surface area (Å²) in [6.07, 6.45) is 29.4. The Morgan fingerprint density at radius 2 is 0.968 bits per heavy atom. The fourth-order valence-electron chi connectivity index (χ4n) is 4.27. The summed E-state index contributed by atoms with van der Waals surface area (Å²) in [6.45, 7) is 7.42. The van der Waals surface area contributed by atoms with E-state index in [9.17, 15) is 0 Å². The van der Waals surface area contributed by atoms with E-state index < -0.39 is 0 Å². The number of nitriles is 1. The minimum absolute atomic E-state index is 0.457. The molecule has 0 aromatic rings. The van der Waals surface area contributed by atoms with Gasteiger partial charge in [0.1, 0.15) is 0 Å². The first kappa shape index (κ1) is 30.4. The van der Waals surface area contributed by atoms with Gasteiger partial charge in [-0.25, -0.2) is 0 Å². The van der Waals surface area contributed by atoms with E-state index in [2.05, 4.69) is 30.6 Å². The molecule has 0 aliphatic rings. The summed E-state index contributed by atoms with van der Waals surface area (Å²) in [5.41, 5.74) is 0. The summed E-state index contributed by atoms with van der Waals surface area (Å²) in [5, 5.41) is 15.4. The van der Waals surface area contributed by atoms with E-state index >= 15 is 0 Å². The molecule has 31 heavy (non-hydrogen) atoms. The third-order valence-corrected chi connectivity index (χ3v) is 6.39. The van der Waals surface area contributed by atoms with Gasteiger partial charge < -0.3 is 10.6 Å². The van der Waals surface area contributed by atoms with Crippen molar-refractivity contribution in [3.05, 3.63) is 0 Å². The van der Waals surface area contributed by atoms with E-state index in [1.54, 1.807) is 0 Å². The second-order valence-corrected chi connectivity index (χ2v) is 9.68. The summed E-state index contributed by atoms with van der Waals surface area (Å²) in [6, 6.07) is 2.63. The predicted molar refractivity (Wildman–Crippen MR) is 139 cm³/mol. The molecule has 0 saturated heterocycles. The predicted octanol–water partition coefficient (Wildman–Crippen LogP) is 8.29. The highest BCUT2D eigenvalue weighted by atomic mass is 15.0. The number of hydrogen-bond donors (Lipinski definition) is 2. The Balaban J connectivity index is 3.06. The molecular weight excluding hydrogens is 378 g/mol. The van der Waals surface area contributed by atoms with Crippen molar-refractivity contribution in [3.8, 4) is 6.07 Å². The van der Waals surface area contributed by atoms with Gasteiger partial charge in [0.15, 0.2) is 0 Å². The lowest BCUT2D eigenvalue weighted by Crippen LogP contribution is -2.37. The molecule has 1 unspecified atom stereocenters. The van der Waals surface area contributed by atoms with E-state index in [0.717, 1.165) is 19.6 Å². The quantitative estimate of drug-likeness (QED) is 0.134. The van der Waals surface area contributed by atoms with Crippen molar-refractivity contribution in [2.24, 2.45) is 0 Å². The monoisotopic (exact) mass is 435 g/mol. The standard InChI is InChI=1S/C28H57N3/c1-3-4-5-6-7-8-9-10-11-12-13-14-15-16-17-18-19-20-21-22-25-30-27-28(2)31-26-23-24-29/h28,30-31H,3-23,25-27H2,1-2H3. The van der Waals surface area contributed by atoms with Crippen LogP contribution >= 0.6 is 0 Å². The molecule has 0 saturated carbocycles. The number of hydrogen-bond acceptors (Lipinski definition) is 3. The van der Waals surface area contributed by atoms with Crippen LogP contribution < -0.4 is 10.6 Å². The van der Waals surface area contributed by atoms with Gasteiger partial charge in [0.05, 0.1) is 6.07 Å². The largest absolute Gasteiger partial charge is 0.315 e. The summed E-state index contributed by atoms with van der Waals surface area (Å²) >= 11 is 0.